The van der Waals surface area contributed by atoms with Crippen LogP contribution in [-0.4, -0.2) is 38.6 Å². The van der Waals surface area contributed by atoms with E-state index in [9.17, 15) is 19.7 Å². The maximum absolute atomic E-state index is 11.7. The monoisotopic (exact) mass is 296 g/mol. The molecule has 1 heterocycles. The zero-order valence-electron chi connectivity index (χ0n) is 10.6. The Balaban J connectivity index is 2.45. The molecule has 2 unspecified atom stereocenters. The van der Waals surface area contributed by atoms with Crippen molar-refractivity contribution in [3.05, 3.63) is 39.9 Å². The number of rotatable bonds is 3. The van der Waals surface area contributed by atoms with Crippen molar-refractivity contribution in [2.24, 2.45) is 0 Å². The second-order valence-corrected chi connectivity index (χ2v) is 5.40. The van der Waals surface area contributed by atoms with Crippen molar-refractivity contribution in [2.45, 2.75) is 18.3 Å². The zero-order valence-corrected chi connectivity index (χ0v) is 11.4. The third-order valence-electron chi connectivity index (χ3n) is 3.05. The van der Waals surface area contributed by atoms with E-state index in [1.807, 2.05) is 0 Å². The summed E-state index contributed by atoms with van der Waals surface area (Å²) < 4.78 is 0. The van der Waals surface area contributed by atoms with Gasteiger partial charge in [-0.2, -0.15) is 0 Å². The van der Waals surface area contributed by atoms with E-state index in [0.717, 1.165) is 0 Å². The number of amides is 1. The number of hydrogen-bond acceptors (Lipinski definition) is 5. The summed E-state index contributed by atoms with van der Waals surface area (Å²) in [6.45, 7) is 1.27. The minimum atomic E-state index is -1.10. The number of carbonyl (C=O) groups is 2. The summed E-state index contributed by atoms with van der Waals surface area (Å²) in [5, 5.41) is 19.5. The molecule has 1 aromatic rings. The number of carboxylic acids is 1. The molecule has 0 aliphatic carbocycles. The molecule has 1 fully saturated rings. The average Bonchev–Trinajstić information content (AvgIpc) is 2.83. The third kappa shape index (κ3) is 2.46. The Bertz CT molecular complexity index is 577. The van der Waals surface area contributed by atoms with Crippen molar-refractivity contribution >= 4 is 29.3 Å². The molecule has 106 valence electrons. The van der Waals surface area contributed by atoms with E-state index in [4.69, 9.17) is 5.11 Å². The Morgan fingerprint density at radius 2 is 2.10 bits per heavy atom. The van der Waals surface area contributed by atoms with Crippen LogP contribution in [0, 0.1) is 10.1 Å². The number of nitro benzene ring substituents is 1. The van der Waals surface area contributed by atoms with E-state index < -0.39 is 28.2 Å². The largest absolute Gasteiger partial charge is 0.480 e. The third-order valence-corrected chi connectivity index (χ3v) is 4.35. The molecule has 1 N–H and O–H groups in total. The summed E-state index contributed by atoms with van der Waals surface area (Å²) in [5.41, 5.74) is 0.240. The number of carbonyl (C=O) groups excluding carboxylic acids is 1. The van der Waals surface area contributed by atoms with Gasteiger partial charge in [0.25, 0.3) is 5.69 Å². The van der Waals surface area contributed by atoms with E-state index >= 15 is 0 Å². The fourth-order valence-electron chi connectivity index (χ4n) is 2.18. The molecule has 8 heteroatoms. The quantitative estimate of drug-likeness (QED) is 0.672. The highest BCUT2D eigenvalue weighted by Gasteiger charge is 2.43. The molecule has 2 atom stereocenters. The Morgan fingerprint density at radius 3 is 2.65 bits per heavy atom. The molecule has 1 saturated heterocycles. The predicted molar refractivity (Wildman–Crippen MR) is 72.2 cm³/mol. The van der Waals surface area contributed by atoms with Crippen molar-refractivity contribution in [3.8, 4) is 0 Å². The van der Waals surface area contributed by atoms with E-state index in [1.165, 1.54) is 35.7 Å². The smallest absolute Gasteiger partial charge is 0.327 e. The number of nitrogens with zero attached hydrogens (tertiary/aromatic N) is 2. The molecule has 20 heavy (non-hydrogen) atoms. The van der Waals surface area contributed by atoms with Gasteiger partial charge in [-0.25, -0.2) is 4.79 Å². The van der Waals surface area contributed by atoms with Crippen molar-refractivity contribution in [1.82, 2.24) is 4.90 Å². The van der Waals surface area contributed by atoms with Crippen LogP contribution in [0.2, 0.25) is 0 Å². The van der Waals surface area contributed by atoms with E-state index in [0.29, 0.717) is 5.56 Å². The van der Waals surface area contributed by atoms with Crippen LogP contribution in [0.25, 0.3) is 0 Å². The van der Waals surface area contributed by atoms with E-state index in [2.05, 4.69) is 0 Å². The van der Waals surface area contributed by atoms with Gasteiger partial charge in [0, 0.05) is 18.7 Å². The van der Waals surface area contributed by atoms with Crippen molar-refractivity contribution in [2.75, 3.05) is 5.75 Å². The Labute approximate surface area is 118 Å². The highest BCUT2D eigenvalue weighted by Crippen LogP contribution is 2.44. The number of benzene rings is 1. The first-order chi connectivity index (χ1) is 9.43. The van der Waals surface area contributed by atoms with Crippen LogP contribution < -0.4 is 0 Å². The molecular formula is C12H12N2O5S. The molecule has 0 aromatic heterocycles. The summed E-state index contributed by atoms with van der Waals surface area (Å²) in [4.78, 5) is 34.6. The minimum Gasteiger partial charge on any atom is -0.480 e. The van der Waals surface area contributed by atoms with Gasteiger partial charge in [-0.3, -0.25) is 14.9 Å². The van der Waals surface area contributed by atoms with E-state index in [-0.39, 0.29) is 11.4 Å². The standard InChI is InChI=1S/C12H12N2O5S/c1-7(15)13-10(12(16)17)6-20-11(13)8-4-2-3-5-9(8)14(18)19/h2-5,10-11H,6H2,1H3,(H,16,17). The van der Waals surface area contributed by atoms with Crippen LogP contribution >= 0.6 is 11.8 Å². The number of para-hydroxylation sites is 1. The summed E-state index contributed by atoms with van der Waals surface area (Å²) in [5.74, 6) is -1.30. The Kier molecular flexibility index (Phi) is 3.93. The van der Waals surface area contributed by atoms with Crippen LogP contribution in [0.15, 0.2) is 24.3 Å². The van der Waals surface area contributed by atoms with Gasteiger partial charge in [-0.15, -0.1) is 11.8 Å². The molecule has 0 bridgehead atoms. The van der Waals surface area contributed by atoms with E-state index in [1.54, 1.807) is 12.1 Å². The van der Waals surface area contributed by atoms with Crippen molar-refractivity contribution < 1.29 is 19.6 Å². The van der Waals surface area contributed by atoms with Gasteiger partial charge in [0.05, 0.1) is 10.5 Å². The summed E-state index contributed by atoms with van der Waals surface area (Å²) in [6, 6.07) is 5.11. The van der Waals surface area contributed by atoms with Gasteiger partial charge in [0.1, 0.15) is 11.4 Å². The molecular weight excluding hydrogens is 284 g/mol. The fourth-order valence-corrected chi connectivity index (χ4v) is 3.69. The molecule has 1 aliphatic heterocycles. The maximum atomic E-state index is 11.7. The second-order valence-electron chi connectivity index (χ2n) is 4.28. The van der Waals surface area contributed by atoms with Crippen LogP contribution in [0.4, 0.5) is 5.69 Å². The molecule has 0 radical (unpaired) electrons. The van der Waals surface area contributed by atoms with Crippen molar-refractivity contribution in [3.63, 3.8) is 0 Å². The lowest BCUT2D eigenvalue weighted by Crippen LogP contribution is -2.41. The lowest BCUT2D eigenvalue weighted by molar-refractivity contribution is -0.385. The number of aliphatic carboxylic acids is 1. The maximum Gasteiger partial charge on any atom is 0.327 e. The normalized spacial score (nSPS) is 21.8. The predicted octanol–water partition coefficient (Wildman–Crippen LogP) is 1.64. The minimum absolute atomic E-state index is 0.109. The summed E-state index contributed by atoms with van der Waals surface area (Å²) in [7, 11) is 0. The van der Waals surface area contributed by atoms with Crippen LogP contribution in [-0.2, 0) is 9.59 Å². The van der Waals surface area contributed by atoms with Gasteiger partial charge < -0.3 is 10.0 Å². The molecule has 1 aliphatic rings. The Hall–Kier alpha value is -2.09. The zero-order chi connectivity index (χ0) is 14.9. The lowest BCUT2D eigenvalue weighted by Gasteiger charge is -2.25. The first-order valence-electron chi connectivity index (χ1n) is 5.80. The van der Waals surface area contributed by atoms with Gasteiger partial charge >= 0.3 is 5.97 Å². The van der Waals surface area contributed by atoms with Crippen LogP contribution in [0.1, 0.15) is 17.9 Å². The van der Waals surface area contributed by atoms with Gasteiger partial charge in [0.2, 0.25) is 5.91 Å². The SMILES string of the molecule is CC(=O)N1C(C(=O)O)CSC1c1ccccc1[N+](=O)[O-]. The van der Waals surface area contributed by atoms with Crippen molar-refractivity contribution in [1.29, 1.82) is 0 Å². The molecule has 0 saturated carbocycles. The number of hydrogen-bond donors (Lipinski definition) is 1. The average molecular weight is 296 g/mol. The van der Waals surface area contributed by atoms with Gasteiger partial charge in [0.15, 0.2) is 0 Å². The highest BCUT2D eigenvalue weighted by atomic mass is 32.2. The summed E-state index contributed by atoms with van der Waals surface area (Å²) >= 11 is 1.22. The molecule has 0 spiro atoms. The molecule has 2 rings (SSSR count). The van der Waals surface area contributed by atoms with Gasteiger partial charge in [-0.05, 0) is 6.07 Å². The lowest BCUT2D eigenvalue weighted by atomic mass is 10.1. The van der Waals surface area contributed by atoms with Gasteiger partial charge in [-0.1, -0.05) is 12.1 Å². The van der Waals surface area contributed by atoms with Crippen LogP contribution in [0.5, 0.6) is 0 Å². The second kappa shape index (κ2) is 5.49. The fraction of sp³-hybridized carbons (Fsp3) is 0.333. The number of nitro groups is 1. The first-order valence-corrected chi connectivity index (χ1v) is 6.85. The van der Waals surface area contributed by atoms with Crippen LogP contribution in [0.3, 0.4) is 0 Å². The molecule has 1 aromatic carbocycles. The first kappa shape index (κ1) is 14.3. The summed E-state index contributed by atoms with van der Waals surface area (Å²) in [6.07, 6.45) is 0. The number of thioether (sulfide) groups is 1. The molecule has 7 nitrogen and oxygen atoms in total. The molecule has 1 amide bonds. The Morgan fingerprint density at radius 1 is 1.45 bits per heavy atom. The topological polar surface area (TPSA) is 101 Å². The highest BCUT2D eigenvalue weighted by molar-refractivity contribution is 7.99. The number of carboxylic acid groups (broad SMARTS) is 1.